The van der Waals surface area contributed by atoms with Crippen molar-refractivity contribution in [3.05, 3.63) is 17.0 Å². The Morgan fingerprint density at radius 2 is 2.07 bits per heavy atom. The molecule has 2 aliphatic rings. The summed E-state index contributed by atoms with van der Waals surface area (Å²) < 4.78 is 3.14. The lowest BCUT2D eigenvalue weighted by atomic mass is 9.96. The molecule has 0 aromatic carbocycles. The number of fused-ring (bicyclic) bond motifs is 5. The summed E-state index contributed by atoms with van der Waals surface area (Å²) in [5.41, 5.74) is 4.33. The summed E-state index contributed by atoms with van der Waals surface area (Å²) in [6.45, 7) is 0. The second-order valence-electron chi connectivity index (χ2n) is 4.28. The molecule has 3 heterocycles. The van der Waals surface area contributed by atoms with Crippen molar-refractivity contribution in [3.8, 4) is 0 Å². The first-order valence-corrected chi connectivity index (χ1v) is 6.60. The monoisotopic (exact) mass is 303 g/mol. The van der Waals surface area contributed by atoms with Crippen LogP contribution in [0.1, 0.15) is 41.9 Å². The van der Waals surface area contributed by atoms with Crippen LogP contribution in [-0.2, 0) is 11.5 Å². The summed E-state index contributed by atoms with van der Waals surface area (Å²) in [6, 6.07) is 1.30. The molecule has 0 saturated carbocycles. The fourth-order valence-corrected chi connectivity index (χ4v) is 3.65. The van der Waals surface area contributed by atoms with Gasteiger partial charge >= 0.3 is 0 Å². The molecule has 0 amide bonds. The molecule has 2 bridgehead atoms. The zero-order valence-corrected chi connectivity index (χ0v) is 10.7. The van der Waals surface area contributed by atoms with Gasteiger partial charge in [0, 0.05) is 23.1 Å². The minimum absolute atomic E-state index is 0.643. The predicted molar refractivity (Wildman–Crippen MR) is 63.4 cm³/mol. The van der Waals surface area contributed by atoms with Crippen molar-refractivity contribution in [2.24, 2.45) is 7.05 Å². The first-order valence-electron chi connectivity index (χ1n) is 5.07. The summed E-state index contributed by atoms with van der Waals surface area (Å²) in [4.78, 5) is 2.52. The maximum atomic E-state index is 4.61. The average Bonchev–Trinajstić information content (AvgIpc) is 2.78. The van der Waals surface area contributed by atoms with Crippen molar-refractivity contribution < 1.29 is 0 Å². The molecule has 1 fully saturated rings. The van der Waals surface area contributed by atoms with Gasteiger partial charge < -0.3 is 0 Å². The smallest absolute Gasteiger partial charge is 0.0773 e. The van der Waals surface area contributed by atoms with E-state index in [4.69, 9.17) is 0 Å². The van der Waals surface area contributed by atoms with Crippen molar-refractivity contribution in [2.45, 2.75) is 29.4 Å². The summed E-state index contributed by atoms with van der Waals surface area (Å²) in [5.74, 6) is 0. The van der Waals surface area contributed by atoms with Gasteiger partial charge in [-0.2, -0.15) is 5.10 Å². The molecular weight excluding hydrogens is 289 g/mol. The molecule has 0 N–H and O–H groups in total. The number of hydrogen-bond acceptors (Lipinski definition) is 2. The second-order valence-corrected chi connectivity index (χ2v) is 5.04. The highest BCUT2D eigenvalue weighted by Gasteiger charge is 2.45. The molecule has 76 valence electrons. The number of rotatable bonds is 1. The van der Waals surface area contributed by atoms with Gasteiger partial charge in [0.15, 0.2) is 0 Å². The van der Waals surface area contributed by atoms with Gasteiger partial charge in [-0.25, -0.2) is 0 Å². The molecule has 0 radical (unpaired) electrons. The molecule has 1 saturated heterocycles. The Kier molecular flexibility index (Phi) is 1.93. The normalized spacial score (nSPS) is 29.9. The van der Waals surface area contributed by atoms with Crippen LogP contribution in [-0.4, -0.2) is 21.7 Å². The third-order valence-electron chi connectivity index (χ3n) is 3.68. The van der Waals surface area contributed by atoms with Crippen LogP contribution in [0.4, 0.5) is 0 Å². The largest absolute Gasteiger partial charge is 0.291 e. The van der Waals surface area contributed by atoms with Crippen molar-refractivity contribution >= 4 is 22.6 Å². The van der Waals surface area contributed by atoms with E-state index in [9.17, 15) is 0 Å². The summed E-state index contributed by atoms with van der Waals surface area (Å²) in [5, 5.41) is 4.61. The van der Waals surface area contributed by atoms with Crippen LogP contribution in [0, 0.1) is 0 Å². The van der Waals surface area contributed by atoms with Gasteiger partial charge in [-0.3, -0.25) is 9.58 Å². The highest BCUT2D eigenvalue weighted by atomic mass is 127. The van der Waals surface area contributed by atoms with Crippen LogP contribution in [0.3, 0.4) is 0 Å². The van der Waals surface area contributed by atoms with E-state index < -0.39 is 0 Å². The lowest BCUT2D eigenvalue weighted by Crippen LogP contribution is -2.15. The Morgan fingerprint density at radius 3 is 2.79 bits per heavy atom. The van der Waals surface area contributed by atoms with Crippen LogP contribution in [0.25, 0.3) is 0 Å². The average molecular weight is 303 g/mol. The van der Waals surface area contributed by atoms with Gasteiger partial charge in [0.2, 0.25) is 0 Å². The van der Waals surface area contributed by atoms with Crippen molar-refractivity contribution in [1.29, 1.82) is 0 Å². The van der Waals surface area contributed by atoms with Gasteiger partial charge in [0.25, 0.3) is 0 Å². The van der Waals surface area contributed by atoms with Crippen LogP contribution < -0.4 is 0 Å². The third kappa shape index (κ3) is 0.934. The summed E-state index contributed by atoms with van der Waals surface area (Å²) in [6.07, 6.45) is 2.64. The molecule has 4 heteroatoms. The first-order chi connectivity index (χ1) is 6.74. The molecule has 2 atom stereocenters. The Balaban J connectivity index is 2.20. The zero-order chi connectivity index (χ0) is 9.87. The van der Waals surface area contributed by atoms with Crippen molar-refractivity contribution in [2.75, 3.05) is 7.05 Å². The van der Waals surface area contributed by atoms with Crippen molar-refractivity contribution in [3.63, 3.8) is 0 Å². The SMILES string of the molecule is CN1C2CCC1c1c2c(CI)nn1C. The standard InChI is InChI=1S/C10H14IN3/c1-13-7-3-4-8(13)10-9(7)6(5-11)12-14(10)2/h7-8H,3-5H2,1-2H3. The minimum atomic E-state index is 0.643. The molecule has 3 nitrogen and oxygen atoms in total. The second kappa shape index (κ2) is 2.95. The van der Waals surface area contributed by atoms with E-state index in [2.05, 4.69) is 51.4 Å². The van der Waals surface area contributed by atoms with Crippen molar-refractivity contribution in [1.82, 2.24) is 14.7 Å². The predicted octanol–water partition coefficient (Wildman–Crippen LogP) is 2.18. The molecule has 3 rings (SSSR count). The molecule has 1 aromatic rings. The lowest BCUT2D eigenvalue weighted by Gasteiger charge is -2.15. The quantitative estimate of drug-likeness (QED) is 0.586. The number of aryl methyl sites for hydroxylation is 1. The van der Waals surface area contributed by atoms with E-state index >= 15 is 0 Å². The van der Waals surface area contributed by atoms with Gasteiger partial charge in [-0.15, -0.1) is 0 Å². The molecular formula is C10H14IN3. The maximum Gasteiger partial charge on any atom is 0.0773 e. The minimum Gasteiger partial charge on any atom is -0.291 e. The van der Waals surface area contributed by atoms with Crippen LogP contribution in [0.15, 0.2) is 0 Å². The van der Waals surface area contributed by atoms with Crippen LogP contribution in [0.5, 0.6) is 0 Å². The lowest BCUT2D eigenvalue weighted by molar-refractivity contribution is 0.271. The van der Waals surface area contributed by atoms with E-state index in [-0.39, 0.29) is 0 Å². The van der Waals surface area contributed by atoms with E-state index in [1.54, 1.807) is 5.56 Å². The summed E-state index contributed by atoms with van der Waals surface area (Å²) in [7, 11) is 4.34. The van der Waals surface area contributed by atoms with Crippen LogP contribution in [0.2, 0.25) is 0 Å². The van der Waals surface area contributed by atoms with Crippen LogP contribution >= 0.6 is 22.6 Å². The Morgan fingerprint density at radius 1 is 1.36 bits per heavy atom. The first kappa shape index (κ1) is 9.15. The maximum absolute atomic E-state index is 4.61. The number of nitrogens with zero attached hydrogens (tertiary/aromatic N) is 3. The third-order valence-corrected chi connectivity index (χ3v) is 4.40. The number of aromatic nitrogens is 2. The fourth-order valence-electron chi connectivity index (χ4n) is 3.09. The molecule has 1 aromatic heterocycles. The Labute approximate surface area is 97.6 Å². The Bertz CT molecular complexity index is 385. The van der Waals surface area contributed by atoms with Gasteiger partial charge in [0.1, 0.15) is 0 Å². The number of hydrogen-bond donors (Lipinski definition) is 0. The number of alkyl halides is 1. The van der Waals surface area contributed by atoms with E-state index in [0.717, 1.165) is 4.43 Å². The zero-order valence-electron chi connectivity index (χ0n) is 8.50. The van der Waals surface area contributed by atoms with E-state index in [0.29, 0.717) is 12.1 Å². The van der Waals surface area contributed by atoms with Gasteiger partial charge in [-0.05, 0) is 19.9 Å². The topological polar surface area (TPSA) is 21.1 Å². The fraction of sp³-hybridized carbons (Fsp3) is 0.700. The van der Waals surface area contributed by atoms with E-state index in [1.165, 1.54) is 24.2 Å². The number of halogens is 1. The summed E-state index contributed by atoms with van der Waals surface area (Å²) >= 11 is 2.41. The van der Waals surface area contributed by atoms with Gasteiger partial charge in [0.05, 0.1) is 17.4 Å². The molecule has 2 aliphatic heterocycles. The van der Waals surface area contributed by atoms with Gasteiger partial charge in [-0.1, -0.05) is 22.6 Å². The highest BCUT2D eigenvalue weighted by molar-refractivity contribution is 14.1. The molecule has 14 heavy (non-hydrogen) atoms. The molecule has 0 spiro atoms. The molecule has 0 aliphatic carbocycles. The Hall–Kier alpha value is -0.100. The molecule has 2 unspecified atom stereocenters. The van der Waals surface area contributed by atoms with E-state index in [1.807, 2.05) is 0 Å². The highest BCUT2D eigenvalue weighted by Crippen LogP contribution is 2.53.